The van der Waals surface area contributed by atoms with Crippen molar-refractivity contribution in [2.45, 2.75) is 24.2 Å². The molecule has 17 heavy (non-hydrogen) atoms. The molecular weight excluding hydrogens is 240 g/mol. The normalized spacial score (nSPS) is 11.1. The Morgan fingerprint density at radius 3 is 2.41 bits per heavy atom. The minimum absolute atomic E-state index is 0.0635. The van der Waals surface area contributed by atoms with Crippen LogP contribution in [0.2, 0.25) is 0 Å². The van der Waals surface area contributed by atoms with Gasteiger partial charge >= 0.3 is 5.97 Å². The van der Waals surface area contributed by atoms with Crippen molar-refractivity contribution in [3.8, 4) is 0 Å². The van der Waals surface area contributed by atoms with E-state index in [-0.39, 0.29) is 18.1 Å². The summed E-state index contributed by atoms with van der Waals surface area (Å²) in [6.07, 6.45) is 1.26. The van der Waals surface area contributed by atoms with Crippen LogP contribution in [0.3, 0.4) is 0 Å². The van der Waals surface area contributed by atoms with Crippen LogP contribution in [0.5, 0.6) is 0 Å². The Kier molecular flexibility index (Phi) is 5.15. The van der Waals surface area contributed by atoms with E-state index >= 15 is 0 Å². The first kappa shape index (κ1) is 13.7. The van der Waals surface area contributed by atoms with E-state index < -0.39 is 9.84 Å². The van der Waals surface area contributed by atoms with Gasteiger partial charge in [0.1, 0.15) is 0 Å². The lowest BCUT2D eigenvalue weighted by atomic mass is 10.2. The summed E-state index contributed by atoms with van der Waals surface area (Å²) in [4.78, 5) is 11.2. The molecule has 1 aromatic carbocycles. The van der Waals surface area contributed by atoms with Crippen molar-refractivity contribution in [2.24, 2.45) is 0 Å². The van der Waals surface area contributed by atoms with Crippen LogP contribution in [0.15, 0.2) is 35.2 Å². The Morgan fingerprint density at radius 2 is 1.82 bits per heavy atom. The van der Waals surface area contributed by atoms with Crippen molar-refractivity contribution in [3.63, 3.8) is 0 Å². The van der Waals surface area contributed by atoms with Crippen LogP contribution in [0.25, 0.3) is 0 Å². The number of hydrogen-bond donors (Lipinski definition) is 0. The Labute approximate surface area is 102 Å². The Bertz CT molecular complexity index is 451. The van der Waals surface area contributed by atoms with E-state index in [0.29, 0.717) is 17.7 Å². The zero-order valence-corrected chi connectivity index (χ0v) is 10.6. The monoisotopic (exact) mass is 256 g/mol. The lowest BCUT2D eigenvalue weighted by Crippen LogP contribution is -2.08. The standard InChI is InChI=1S/C12H16O4S/c1-16-12(13)9-5-6-10-17(14,15)11-7-3-2-4-8-11/h2-4,7-8H,5-6,9-10H2,1H3. The van der Waals surface area contributed by atoms with Gasteiger partial charge in [0.2, 0.25) is 0 Å². The molecule has 5 heteroatoms. The number of carbonyl (C=O) groups is 1. The van der Waals surface area contributed by atoms with Crippen molar-refractivity contribution < 1.29 is 17.9 Å². The maximum absolute atomic E-state index is 11.8. The highest BCUT2D eigenvalue weighted by molar-refractivity contribution is 7.91. The average Bonchev–Trinajstić information content (AvgIpc) is 2.35. The number of unbranched alkanes of at least 4 members (excludes halogenated alkanes) is 1. The molecule has 0 fully saturated rings. The second-order valence-electron chi connectivity index (χ2n) is 3.67. The van der Waals surface area contributed by atoms with Crippen molar-refractivity contribution >= 4 is 15.8 Å². The second kappa shape index (κ2) is 6.39. The maximum atomic E-state index is 11.8. The molecule has 0 aromatic heterocycles. The fourth-order valence-corrected chi connectivity index (χ4v) is 2.80. The molecule has 0 aliphatic heterocycles. The molecule has 4 nitrogen and oxygen atoms in total. The fraction of sp³-hybridized carbons (Fsp3) is 0.417. The molecule has 0 atom stereocenters. The summed E-state index contributed by atoms with van der Waals surface area (Å²) in [6.45, 7) is 0. The predicted octanol–water partition coefficient (Wildman–Crippen LogP) is 1.80. The smallest absolute Gasteiger partial charge is 0.305 e. The number of carbonyl (C=O) groups excluding carboxylic acids is 1. The molecule has 0 bridgehead atoms. The van der Waals surface area contributed by atoms with Crippen LogP contribution in [0, 0.1) is 0 Å². The van der Waals surface area contributed by atoms with Gasteiger partial charge < -0.3 is 4.74 Å². The number of sulfone groups is 1. The van der Waals surface area contributed by atoms with Crippen LogP contribution in [-0.4, -0.2) is 27.2 Å². The molecule has 0 spiro atoms. The highest BCUT2D eigenvalue weighted by atomic mass is 32.2. The number of esters is 1. The average molecular weight is 256 g/mol. The van der Waals surface area contributed by atoms with Gasteiger partial charge in [-0.3, -0.25) is 4.79 Å². The summed E-state index contributed by atoms with van der Waals surface area (Å²) in [5, 5.41) is 0. The number of methoxy groups -OCH3 is 1. The predicted molar refractivity (Wildman–Crippen MR) is 64.4 cm³/mol. The van der Waals surface area contributed by atoms with E-state index in [1.54, 1.807) is 30.3 Å². The largest absolute Gasteiger partial charge is 0.469 e. The Balaban J connectivity index is 2.44. The molecule has 1 aromatic rings. The molecule has 0 aliphatic rings. The van der Waals surface area contributed by atoms with Gasteiger partial charge in [-0.1, -0.05) is 18.2 Å². The van der Waals surface area contributed by atoms with Gasteiger partial charge in [-0.2, -0.15) is 0 Å². The number of hydrogen-bond acceptors (Lipinski definition) is 4. The van der Waals surface area contributed by atoms with Crippen molar-refractivity contribution in [1.29, 1.82) is 0 Å². The van der Waals surface area contributed by atoms with Crippen molar-refractivity contribution in [2.75, 3.05) is 12.9 Å². The van der Waals surface area contributed by atoms with Crippen molar-refractivity contribution in [1.82, 2.24) is 0 Å². The lowest BCUT2D eigenvalue weighted by Gasteiger charge is -2.03. The summed E-state index contributed by atoms with van der Waals surface area (Å²) in [5.74, 6) is -0.240. The topological polar surface area (TPSA) is 60.4 Å². The summed E-state index contributed by atoms with van der Waals surface area (Å²) >= 11 is 0. The molecule has 0 saturated carbocycles. The van der Waals surface area contributed by atoms with Gasteiger partial charge in [0.15, 0.2) is 9.84 Å². The summed E-state index contributed by atoms with van der Waals surface area (Å²) < 4.78 is 28.1. The van der Waals surface area contributed by atoms with E-state index in [0.717, 1.165) is 0 Å². The maximum Gasteiger partial charge on any atom is 0.305 e. The minimum atomic E-state index is -3.22. The number of benzene rings is 1. The SMILES string of the molecule is COC(=O)CCCCS(=O)(=O)c1ccccc1. The molecule has 1 rings (SSSR count). The van der Waals surface area contributed by atoms with Crippen molar-refractivity contribution in [3.05, 3.63) is 30.3 Å². The van der Waals surface area contributed by atoms with Crippen LogP contribution < -0.4 is 0 Å². The summed E-state index contributed by atoms with van der Waals surface area (Å²) in [6, 6.07) is 8.32. The third-order valence-electron chi connectivity index (χ3n) is 2.37. The minimum Gasteiger partial charge on any atom is -0.469 e. The number of rotatable bonds is 6. The van der Waals surface area contributed by atoms with Gasteiger partial charge in [0.25, 0.3) is 0 Å². The molecule has 94 valence electrons. The number of ether oxygens (including phenoxy) is 1. The van der Waals surface area contributed by atoms with E-state index in [1.165, 1.54) is 7.11 Å². The van der Waals surface area contributed by atoms with E-state index in [1.807, 2.05) is 0 Å². The van der Waals surface area contributed by atoms with E-state index in [9.17, 15) is 13.2 Å². The molecule has 0 radical (unpaired) electrons. The van der Waals surface area contributed by atoms with Gasteiger partial charge in [-0.05, 0) is 25.0 Å². The van der Waals surface area contributed by atoms with Gasteiger partial charge in [-0.15, -0.1) is 0 Å². The molecule has 0 saturated heterocycles. The zero-order chi connectivity index (χ0) is 12.7. The van der Waals surface area contributed by atoms with Gasteiger partial charge in [0, 0.05) is 6.42 Å². The van der Waals surface area contributed by atoms with Gasteiger partial charge in [-0.25, -0.2) is 8.42 Å². The lowest BCUT2D eigenvalue weighted by molar-refractivity contribution is -0.140. The first-order valence-corrected chi connectivity index (χ1v) is 7.06. The molecular formula is C12H16O4S. The zero-order valence-electron chi connectivity index (χ0n) is 9.76. The fourth-order valence-electron chi connectivity index (χ4n) is 1.41. The van der Waals surface area contributed by atoms with Gasteiger partial charge in [0.05, 0.1) is 17.8 Å². The van der Waals surface area contributed by atoms with Crippen LogP contribution in [-0.2, 0) is 19.4 Å². The van der Waals surface area contributed by atoms with Crippen LogP contribution >= 0.6 is 0 Å². The highest BCUT2D eigenvalue weighted by Gasteiger charge is 2.13. The van der Waals surface area contributed by atoms with E-state index in [2.05, 4.69) is 4.74 Å². The highest BCUT2D eigenvalue weighted by Crippen LogP contribution is 2.12. The quantitative estimate of drug-likeness (QED) is 0.575. The Hall–Kier alpha value is -1.36. The molecule has 0 heterocycles. The summed E-state index contributed by atoms with van der Waals surface area (Å²) in [5.41, 5.74) is 0. The van der Waals surface area contributed by atoms with Crippen LogP contribution in [0.4, 0.5) is 0 Å². The first-order valence-electron chi connectivity index (χ1n) is 5.41. The van der Waals surface area contributed by atoms with Crippen LogP contribution in [0.1, 0.15) is 19.3 Å². The summed E-state index contributed by atoms with van der Waals surface area (Å²) in [7, 11) is -1.89. The molecule has 0 amide bonds. The molecule has 0 N–H and O–H groups in total. The Morgan fingerprint density at radius 1 is 1.18 bits per heavy atom. The molecule has 0 aliphatic carbocycles. The molecule has 0 unspecified atom stereocenters. The third kappa shape index (κ3) is 4.56. The van der Waals surface area contributed by atoms with E-state index in [4.69, 9.17) is 0 Å². The third-order valence-corrected chi connectivity index (χ3v) is 4.19. The first-order chi connectivity index (χ1) is 8.06. The second-order valence-corrected chi connectivity index (χ2v) is 5.77.